The van der Waals surface area contributed by atoms with Crippen molar-refractivity contribution in [3.63, 3.8) is 0 Å². The van der Waals surface area contributed by atoms with E-state index in [1.807, 2.05) is 38.1 Å². The quantitative estimate of drug-likeness (QED) is 0.888. The summed E-state index contributed by atoms with van der Waals surface area (Å²) in [7, 11) is -1.29. The highest BCUT2D eigenvalue weighted by Gasteiger charge is 2.24. The van der Waals surface area contributed by atoms with E-state index >= 15 is 0 Å². The van der Waals surface area contributed by atoms with Crippen molar-refractivity contribution in [1.82, 2.24) is 5.16 Å². The molecule has 118 valence electrons. The van der Waals surface area contributed by atoms with Crippen molar-refractivity contribution in [2.75, 3.05) is 5.32 Å². The maximum atomic E-state index is 12.5. The normalized spacial score (nSPS) is 13.6. The Morgan fingerprint density at radius 2 is 2.09 bits per heavy atom. The number of hydrogen-bond acceptors (Lipinski definition) is 4. The average Bonchev–Trinajstić information content (AvgIpc) is 2.87. The third kappa shape index (κ3) is 4.04. The first kappa shape index (κ1) is 16.4. The summed E-state index contributed by atoms with van der Waals surface area (Å²) in [5.41, 5.74) is 2.09. The van der Waals surface area contributed by atoms with Crippen molar-refractivity contribution >= 4 is 22.5 Å². The summed E-state index contributed by atoms with van der Waals surface area (Å²) in [6.07, 6.45) is 0.501. The molecular weight excluding hydrogens is 300 g/mol. The molecule has 22 heavy (non-hydrogen) atoms. The standard InChI is InChI=1S/C16H20N2O3S/c1-4-14(16(19)17-15-9-12(3)21-18-15)22(20)10-13-8-6-5-7-11(13)2/h5-9,14H,4,10H2,1-3H3,(H,17,18,19)/t14-,22+/m0/s1. The third-order valence-corrected chi connectivity index (χ3v) is 5.20. The molecule has 2 atom stereocenters. The van der Waals surface area contributed by atoms with Gasteiger partial charge < -0.3 is 9.84 Å². The zero-order chi connectivity index (χ0) is 16.1. The molecule has 2 aromatic rings. The molecule has 0 saturated carbocycles. The van der Waals surface area contributed by atoms with Crippen molar-refractivity contribution in [3.05, 3.63) is 47.2 Å². The molecule has 1 heterocycles. The third-order valence-electron chi connectivity index (χ3n) is 3.42. The summed E-state index contributed by atoms with van der Waals surface area (Å²) in [5, 5.41) is 5.81. The van der Waals surface area contributed by atoms with Gasteiger partial charge in [-0.2, -0.15) is 0 Å². The molecule has 1 N–H and O–H groups in total. The summed E-state index contributed by atoms with van der Waals surface area (Å²) in [5.74, 6) is 1.05. The first-order valence-corrected chi connectivity index (χ1v) is 8.55. The Balaban J connectivity index is 2.05. The van der Waals surface area contributed by atoms with Crippen LogP contribution in [0.1, 0.15) is 30.2 Å². The Labute approximate surface area is 132 Å². The number of hydrogen-bond donors (Lipinski definition) is 1. The number of carbonyl (C=O) groups excluding carboxylic acids is 1. The molecule has 6 heteroatoms. The van der Waals surface area contributed by atoms with Crippen LogP contribution in [0.5, 0.6) is 0 Å². The molecule has 2 rings (SSSR count). The van der Waals surface area contributed by atoms with E-state index < -0.39 is 16.0 Å². The van der Waals surface area contributed by atoms with E-state index in [-0.39, 0.29) is 5.91 Å². The van der Waals surface area contributed by atoms with Crippen molar-refractivity contribution in [2.24, 2.45) is 0 Å². The maximum absolute atomic E-state index is 12.5. The van der Waals surface area contributed by atoms with Gasteiger partial charge in [0.25, 0.3) is 0 Å². The number of aromatic nitrogens is 1. The maximum Gasteiger partial charge on any atom is 0.241 e. The van der Waals surface area contributed by atoms with E-state index in [0.717, 1.165) is 11.1 Å². The number of carbonyl (C=O) groups is 1. The highest BCUT2D eigenvalue weighted by atomic mass is 32.2. The number of nitrogens with one attached hydrogen (secondary N) is 1. The number of benzene rings is 1. The van der Waals surface area contributed by atoms with Crippen molar-refractivity contribution in [2.45, 2.75) is 38.2 Å². The summed E-state index contributed by atoms with van der Waals surface area (Å²) in [6, 6.07) is 9.41. The molecule has 5 nitrogen and oxygen atoms in total. The number of nitrogens with zero attached hydrogens (tertiary/aromatic N) is 1. The average molecular weight is 320 g/mol. The Kier molecular flexibility index (Phi) is 5.49. The van der Waals surface area contributed by atoms with Gasteiger partial charge in [-0.25, -0.2) is 0 Å². The van der Waals surface area contributed by atoms with E-state index in [0.29, 0.717) is 23.8 Å². The Morgan fingerprint density at radius 1 is 1.36 bits per heavy atom. The predicted molar refractivity (Wildman–Crippen MR) is 87.0 cm³/mol. The largest absolute Gasteiger partial charge is 0.360 e. The number of amides is 1. The smallest absolute Gasteiger partial charge is 0.241 e. The van der Waals surface area contributed by atoms with E-state index in [1.165, 1.54) is 0 Å². The Hall–Kier alpha value is -1.95. The van der Waals surface area contributed by atoms with Gasteiger partial charge in [-0.3, -0.25) is 9.00 Å². The Morgan fingerprint density at radius 3 is 2.68 bits per heavy atom. The van der Waals surface area contributed by atoms with Gasteiger partial charge in [0.15, 0.2) is 5.82 Å². The second-order valence-corrected chi connectivity index (χ2v) is 6.78. The summed E-state index contributed by atoms with van der Waals surface area (Å²) in [4.78, 5) is 12.3. The molecule has 0 aliphatic rings. The van der Waals surface area contributed by atoms with Crippen LogP contribution in [0, 0.1) is 13.8 Å². The number of aryl methyl sites for hydroxylation is 2. The van der Waals surface area contributed by atoms with Gasteiger partial charge in [0.1, 0.15) is 11.0 Å². The molecule has 0 aliphatic heterocycles. The molecule has 1 aromatic carbocycles. The number of rotatable bonds is 6. The molecular formula is C16H20N2O3S. The highest BCUT2D eigenvalue weighted by Crippen LogP contribution is 2.16. The van der Waals surface area contributed by atoms with Gasteiger partial charge in [-0.15, -0.1) is 0 Å². The minimum atomic E-state index is -1.29. The summed E-state index contributed by atoms with van der Waals surface area (Å²) in [6.45, 7) is 5.58. The van der Waals surface area contributed by atoms with E-state index in [2.05, 4.69) is 10.5 Å². The van der Waals surface area contributed by atoms with E-state index in [9.17, 15) is 9.00 Å². The van der Waals surface area contributed by atoms with Crippen LogP contribution in [0.2, 0.25) is 0 Å². The van der Waals surface area contributed by atoms with Crippen molar-refractivity contribution < 1.29 is 13.5 Å². The molecule has 0 bridgehead atoms. The second-order valence-electron chi connectivity index (χ2n) is 5.16. The first-order valence-electron chi connectivity index (χ1n) is 7.17. The fraction of sp³-hybridized carbons (Fsp3) is 0.375. The molecule has 1 aromatic heterocycles. The minimum Gasteiger partial charge on any atom is -0.360 e. The SMILES string of the molecule is CC[C@@H](C(=O)Nc1cc(C)on1)[S@](=O)Cc1ccccc1C. The van der Waals surface area contributed by atoms with Crippen LogP contribution in [0.4, 0.5) is 5.82 Å². The van der Waals surface area contributed by atoms with E-state index in [1.54, 1.807) is 13.0 Å². The van der Waals surface area contributed by atoms with Gasteiger partial charge in [-0.05, 0) is 31.4 Å². The highest BCUT2D eigenvalue weighted by molar-refractivity contribution is 7.85. The number of anilines is 1. The zero-order valence-electron chi connectivity index (χ0n) is 13.0. The van der Waals surface area contributed by atoms with E-state index in [4.69, 9.17) is 4.52 Å². The zero-order valence-corrected chi connectivity index (χ0v) is 13.8. The monoisotopic (exact) mass is 320 g/mol. The van der Waals surface area contributed by atoms with Crippen LogP contribution in [0.25, 0.3) is 0 Å². The molecule has 0 spiro atoms. The van der Waals surface area contributed by atoms with Gasteiger partial charge >= 0.3 is 0 Å². The fourth-order valence-electron chi connectivity index (χ4n) is 2.15. The van der Waals surface area contributed by atoms with Gasteiger partial charge in [0.2, 0.25) is 5.91 Å². The molecule has 1 amide bonds. The van der Waals surface area contributed by atoms with Crippen LogP contribution < -0.4 is 5.32 Å². The Bertz CT molecular complexity index is 682. The van der Waals surface area contributed by atoms with Crippen LogP contribution in [0.3, 0.4) is 0 Å². The topological polar surface area (TPSA) is 72.2 Å². The predicted octanol–water partition coefficient (Wildman–Crippen LogP) is 2.96. The van der Waals surface area contributed by atoms with Gasteiger partial charge in [0, 0.05) is 22.6 Å². The van der Waals surface area contributed by atoms with Crippen molar-refractivity contribution in [1.29, 1.82) is 0 Å². The van der Waals surface area contributed by atoms with Gasteiger partial charge in [-0.1, -0.05) is 36.3 Å². The molecule has 0 radical (unpaired) electrons. The fourth-order valence-corrected chi connectivity index (χ4v) is 3.65. The van der Waals surface area contributed by atoms with Crippen LogP contribution in [0.15, 0.2) is 34.9 Å². The summed E-state index contributed by atoms with van der Waals surface area (Å²) < 4.78 is 17.4. The first-order chi connectivity index (χ1) is 10.5. The molecule has 0 aliphatic carbocycles. The molecule has 0 unspecified atom stereocenters. The second kappa shape index (κ2) is 7.35. The lowest BCUT2D eigenvalue weighted by Crippen LogP contribution is -2.32. The molecule has 0 fully saturated rings. The van der Waals surface area contributed by atoms with Crippen molar-refractivity contribution in [3.8, 4) is 0 Å². The summed E-state index contributed by atoms with van der Waals surface area (Å²) >= 11 is 0. The lowest BCUT2D eigenvalue weighted by Gasteiger charge is -2.14. The van der Waals surface area contributed by atoms with Crippen LogP contribution in [-0.4, -0.2) is 20.5 Å². The lowest BCUT2D eigenvalue weighted by molar-refractivity contribution is -0.115. The lowest BCUT2D eigenvalue weighted by atomic mass is 10.1. The minimum absolute atomic E-state index is 0.289. The van der Waals surface area contributed by atoms with Crippen LogP contribution in [-0.2, 0) is 21.3 Å². The van der Waals surface area contributed by atoms with Gasteiger partial charge in [0.05, 0.1) is 0 Å². The molecule has 0 saturated heterocycles. The van der Waals surface area contributed by atoms with Crippen LogP contribution >= 0.6 is 0 Å².